The minimum Gasteiger partial charge on any atom is -0.125 e. The molecule has 1 aromatic carbocycles. The van der Waals surface area contributed by atoms with Crippen LogP contribution in [0.4, 0.5) is 0 Å². The molecule has 0 aliphatic carbocycles. The molecule has 1 unspecified atom stereocenters. The molecule has 0 spiro atoms. The van der Waals surface area contributed by atoms with Crippen molar-refractivity contribution in [2.75, 3.05) is 5.88 Å². The summed E-state index contributed by atoms with van der Waals surface area (Å²) < 4.78 is 1.10. The maximum Gasteiger partial charge on any atom is 0.0512 e. The predicted octanol–water partition coefficient (Wildman–Crippen LogP) is 3.84. The summed E-state index contributed by atoms with van der Waals surface area (Å²) >= 11 is 15.0. The van der Waals surface area contributed by atoms with Crippen molar-refractivity contribution in [1.29, 1.82) is 0 Å². The molecule has 1 rings (SSSR count). The standard InChI is InChI=1S/C9H9BrCl2/c10-9-4-2-1-3-7(9)5-8(12)6-11/h1-4,8H,5-6H2. The second-order valence-corrected chi connectivity index (χ2v) is 4.33. The molecule has 3 heteroatoms. The molecule has 0 fully saturated rings. The van der Waals surface area contributed by atoms with E-state index in [-0.39, 0.29) is 5.38 Å². The third-order valence-corrected chi connectivity index (χ3v) is 3.18. The Balaban J connectivity index is 2.69. The lowest BCUT2D eigenvalue weighted by Crippen LogP contribution is -2.04. The van der Waals surface area contributed by atoms with Gasteiger partial charge in [-0.05, 0) is 18.1 Å². The van der Waals surface area contributed by atoms with E-state index in [2.05, 4.69) is 15.9 Å². The quantitative estimate of drug-likeness (QED) is 0.730. The van der Waals surface area contributed by atoms with Crippen LogP contribution in [-0.4, -0.2) is 11.3 Å². The van der Waals surface area contributed by atoms with Gasteiger partial charge in [0.1, 0.15) is 0 Å². The van der Waals surface area contributed by atoms with E-state index >= 15 is 0 Å². The number of hydrogen-bond acceptors (Lipinski definition) is 0. The SMILES string of the molecule is ClCC(Cl)Cc1ccccc1Br. The zero-order chi connectivity index (χ0) is 8.97. The maximum atomic E-state index is 5.92. The smallest absolute Gasteiger partial charge is 0.0512 e. The van der Waals surface area contributed by atoms with Crippen molar-refractivity contribution in [3.8, 4) is 0 Å². The lowest BCUT2D eigenvalue weighted by atomic mass is 10.1. The van der Waals surface area contributed by atoms with Crippen molar-refractivity contribution in [2.45, 2.75) is 11.8 Å². The summed E-state index contributed by atoms with van der Waals surface area (Å²) in [6, 6.07) is 8.04. The van der Waals surface area contributed by atoms with E-state index < -0.39 is 0 Å². The van der Waals surface area contributed by atoms with E-state index in [1.54, 1.807) is 0 Å². The maximum absolute atomic E-state index is 5.92. The summed E-state index contributed by atoms with van der Waals surface area (Å²) in [4.78, 5) is 0. The van der Waals surface area contributed by atoms with Crippen LogP contribution in [-0.2, 0) is 6.42 Å². The summed E-state index contributed by atoms with van der Waals surface area (Å²) in [5, 5.41) is 0.0189. The van der Waals surface area contributed by atoms with Gasteiger partial charge in [-0.1, -0.05) is 34.1 Å². The van der Waals surface area contributed by atoms with Gasteiger partial charge in [0.15, 0.2) is 0 Å². The summed E-state index contributed by atoms with van der Waals surface area (Å²) in [5.41, 5.74) is 1.21. The Labute approximate surface area is 91.0 Å². The van der Waals surface area contributed by atoms with Gasteiger partial charge in [-0.15, -0.1) is 23.2 Å². The van der Waals surface area contributed by atoms with Gasteiger partial charge in [0.05, 0.1) is 5.38 Å². The molecule has 0 saturated heterocycles. The second-order valence-electron chi connectivity index (χ2n) is 2.55. The van der Waals surface area contributed by atoms with E-state index in [1.807, 2.05) is 24.3 Å². The Morgan fingerprint density at radius 2 is 2.00 bits per heavy atom. The zero-order valence-electron chi connectivity index (χ0n) is 6.43. The Hall–Kier alpha value is 0.280. The van der Waals surface area contributed by atoms with E-state index in [1.165, 1.54) is 5.56 Å². The third kappa shape index (κ3) is 2.96. The van der Waals surface area contributed by atoms with Gasteiger partial charge in [-0.3, -0.25) is 0 Å². The Kier molecular flexibility index (Phi) is 4.41. The molecule has 1 atom stereocenters. The Morgan fingerprint density at radius 1 is 1.33 bits per heavy atom. The summed E-state index contributed by atoms with van der Waals surface area (Å²) in [5.74, 6) is 0.489. The van der Waals surface area contributed by atoms with Crippen LogP contribution in [0, 0.1) is 0 Å². The van der Waals surface area contributed by atoms with Crippen LogP contribution < -0.4 is 0 Å². The minimum atomic E-state index is 0.0189. The first-order valence-corrected chi connectivity index (χ1v) is 5.44. The molecule has 0 N–H and O–H groups in total. The van der Waals surface area contributed by atoms with Gasteiger partial charge in [-0.25, -0.2) is 0 Å². The van der Waals surface area contributed by atoms with Crippen LogP contribution in [0.25, 0.3) is 0 Å². The highest BCUT2D eigenvalue weighted by Gasteiger charge is 2.05. The van der Waals surface area contributed by atoms with Gasteiger partial charge in [0.2, 0.25) is 0 Å². The Morgan fingerprint density at radius 3 is 2.58 bits per heavy atom. The van der Waals surface area contributed by atoms with Crippen molar-refractivity contribution in [1.82, 2.24) is 0 Å². The molecule has 0 amide bonds. The van der Waals surface area contributed by atoms with Gasteiger partial charge >= 0.3 is 0 Å². The van der Waals surface area contributed by atoms with E-state index in [0.29, 0.717) is 5.88 Å². The van der Waals surface area contributed by atoms with Crippen LogP contribution in [0.5, 0.6) is 0 Å². The average Bonchev–Trinajstić information content (AvgIpc) is 2.09. The lowest BCUT2D eigenvalue weighted by molar-refractivity contribution is 0.933. The molecule has 12 heavy (non-hydrogen) atoms. The monoisotopic (exact) mass is 266 g/mol. The largest absolute Gasteiger partial charge is 0.125 e. The van der Waals surface area contributed by atoms with Crippen molar-refractivity contribution in [3.63, 3.8) is 0 Å². The fraction of sp³-hybridized carbons (Fsp3) is 0.333. The van der Waals surface area contributed by atoms with Crippen LogP contribution >= 0.6 is 39.1 Å². The molecule has 0 aliphatic heterocycles. The number of hydrogen-bond donors (Lipinski definition) is 0. The molecule has 1 aromatic rings. The fourth-order valence-electron chi connectivity index (χ4n) is 0.957. The van der Waals surface area contributed by atoms with Crippen LogP contribution in [0.15, 0.2) is 28.7 Å². The van der Waals surface area contributed by atoms with Gasteiger partial charge in [0.25, 0.3) is 0 Å². The lowest BCUT2D eigenvalue weighted by Gasteiger charge is -2.06. The average molecular weight is 268 g/mol. The molecule has 0 saturated carbocycles. The molecule has 0 heterocycles. The van der Waals surface area contributed by atoms with E-state index in [9.17, 15) is 0 Å². The van der Waals surface area contributed by atoms with Gasteiger partial charge < -0.3 is 0 Å². The Bertz CT molecular complexity index is 250. The van der Waals surface area contributed by atoms with Gasteiger partial charge in [0, 0.05) is 10.4 Å². The van der Waals surface area contributed by atoms with Crippen molar-refractivity contribution in [2.24, 2.45) is 0 Å². The summed E-state index contributed by atoms with van der Waals surface area (Å²) in [6.45, 7) is 0. The number of halogens is 3. The normalized spacial score (nSPS) is 12.9. The van der Waals surface area contributed by atoms with Gasteiger partial charge in [-0.2, -0.15) is 0 Å². The van der Waals surface area contributed by atoms with E-state index in [0.717, 1.165) is 10.9 Å². The second kappa shape index (κ2) is 5.11. The number of benzene rings is 1. The first-order valence-electron chi connectivity index (χ1n) is 3.67. The van der Waals surface area contributed by atoms with Crippen LogP contribution in [0.2, 0.25) is 0 Å². The number of alkyl halides is 2. The molecule has 0 aliphatic rings. The molecule has 0 nitrogen and oxygen atoms in total. The van der Waals surface area contributed by atoms with Crippen molar-refractivity contribution in [3.05, 3.63) is 34.3 Å². The molecule has 66 valence electrons. The highest BCUT2D eigenvalue weighted by atomic mass is 79.9. The first-order chi connectivity index (χ1) is 5.74. The zero-order valence-corrected chi connectivity index (χ0v) is 9.53. The third-order valence-electron chi connectivity index (χ3n) is 1.57. The molecular formula is C9H9BrCl2. The topological polar surface area (TPSA) is 0 Å². The first kappa shape index (κ1) is 10.4. The van der Waals surface area contributed by atoms with E-state index in [4.69, 9.17) is 23.2 Å². The van der Waals surface area contributed by atoms with Crippen LogP contribution in [0.3, 0.4) is 0 Å². The van der Waals surface area contributed by atoms with Crippen molar-refractivity contribution >= 4 is 39.1 Å². The summed E-state index contributed by atoms with van der Waals surface area (Å²) in [7, 11) is 0. The van der Waals surface area contributed by atoms with Crippen LogP contribution in [0.1, 0.15) is 5.56 Å². The molecule has 0 radical (unpaired) electrons. The highest BCUT2D eigenvalue weighted by molar-refractivity contribution is 9.10. The number of rotatable bonds is 3. The predicted molar refractivity (Wildman–Crippen MR) is 58.2 cm³/mol. The summed E-state index contributed by atoms with van der Waals surface area (Å²) in [6.07, 6.45) is 0.812. The molecule has 0 bridgehead atoms. The highest BCUT2D eigenvalue weighted by Crippen LogP contribution is 2.19. The fourth-order valence-corrected chi connectivity index (χ4v) is 1.68. The minimum absolute atomic E-state index is 0.0189. The molecule has 0 aromatic heterocycles. The van der Waals surface area contributed by atoms with Crippen molar-refractivity contribution < 1.29 is 0 Å². The molecular weight excluding hydrogens is 259 g/mol.